The first kappa shape index (κ1) is 20.9. The average molecular weight is 430 g/mol. The van der Waals surface area contributed by atoms with Gasteiger partial charge in [0.15, 0.2) is 5.16 Å². The Balaban J connectivity index is 1.70. The number of hydrogen-bond acceptors (Lipinski definition) is 4. The number of rotatable bonds is 5. The van der Waals surface area contributed by atoms with Crippen molar-refractivity contribution in [2.24, 2.45) is 0 Å². The fourth-order valence-corrected chi connectivity index (χ4v) is 4.14. The van der Waals surface area contributed by atoms with Crippen LogP contribution < -0.4 is 10.9 Å². The summed E-state index contributed by atoms with van der Waals surface area (Å²) in [6.45, 7) is 6.00. The molecule has 0 unspecified atom stereocenters. The van der Waals surface area contributed by atoms with E-state index in [0.29, 0.717) is 16.1 Å². The van der Waals surface area contributed by atoms with E-state index in [-0.39, 0.29) is 17.2 Å². The van der Waals surface area contributed by atoms with Gasteiger partial charge in [0.1, 0.15) is 0 Å². The number of hydrogen-bond donors (Lipinski definition) is 1. The first-order valence-corrected chi connectivity index (χ1v) is 11.0. The SMILES string of the molecule is Cc1ccc(-n2c(SCC(=O)Nc3ccccc3C)nc3ccccc3c2=O)cc1C. The summed E-state index contributed by atoms with van der Waals surface area (Å²) in [6, 6.07) is 20.8. The molecule has 0 aliphatic heterocycles. The van der Waals surface area contributed by atoms with Crippen molar-refractivity contribution in [3.05, 3.63) is 93.8 Å². The fraction of sp³-hybridized carbons (Fsp3) is 0.160. The molecule has 0 saturated carbocycles. The maximum atomic E-state index is 13.3. The Morgan fingerprint density at radius 2 is 1.68 bits per heavy atom. The molecule has 4 aromatic rings. The Morgan fingerprint density at radius 1 is 0.935 bits per heavy atom. The first-order chi connectivity index (χ1) is 14.9. The molecule has 31 heavy (non-hydrogen) atoms. The predicted octanol–water partition coefficient (Wildman–Crippen LogP) is 5.04. The summed E-state index contributed by atoms with van der Waals surface area (Å²) in [7, 11) is 0. The average Bonchev–Trinajstić information content (AvgIpc) is 2.76. The van der Waals surface area contributed by atoms with Gasteiger partial charge in [-0.05, 0) is 67.8 Å². The molecule has 1 aromatic heterocycles. The third-order valence-electron chi connectivity index (χ3n) is 5.25. The number of fused-ring (bicyclic) bond motifs is 1. The molecule has 1 heterocycles. The largest absolute Gasteiger partial charge is 0.325 e. The first-order valence-electron chi connectivity index (χ1n) is 10.0. The van der Waals surface area contributed by atoms with Gasteiger partial charge < -0.3 is 5.32 Å². The second-order valence-corrected chi connectivity index (χ2v) is 8.41. The van der Waals surface area contributed by atoms with Gasteiger partial charge in [0.05, 0.1) is 22.3 Å². The zero-order valence-corrected chi connectivity index (χ0v) is 18.5. The molecular weight excluding hydrogens is 406 g/mol. The zero-order valence-electron chi connectivity index (χ0n) is 17.7. The zero-order chi connectivity index (χ0) is 22.0. The normalized spacial score (nSPS) is 10.9. The molecular formula is C25H23N3O2S. The lowest BCUT2D eigenvalue weighted by Crippen LogP contribution is -2.23. The van der Waals surface area contributed by atoms with E-state index < -0.39 is 0 Å². The molecule has 156 valence electrons. The molecule has 1 N–H and O–H groups in total. The minimum absolute atomic E-state index is 0.143. The number of nitrogens with one attached hydrogen (secondary N) is 1. The van der Waals surface area contributed by atoms with Crippen LogP contribution in [0.15, 0.2) is 76.7 Å². The van der Waals surface area contributed by atoms with E-state index in [0.717, 1.165) is 28.1 Å². The Kier molecular flexibility index (Phi) is 5.91. The van der Waals surface area contributed by atoms with Crippen LogP contribution in [0.5, 0.6) is 0 Å². The van der Waals surface area contributed by atoms with Gasteiger partial charge in [0.25, 0.3) is 5.56 Å². The van der Waals surface area contributed by atoms with Crippen molar-refractivity contribution in [1.29, 1.82) is 0 Å². The number of anilines is 1. The molecule has 6 heteroatoms. The van der Waals surface area contributed by atoms with Crippen LogP contribution in [0.2, 0.25) is 0 Å². The van der Waals surface area contributed by atoms with Crippen molar-refractivity contribution >= 4 is 34.3 Å². The van der Waals surface area contributed by atoms with Crippen LogP contribution >= 0.6 is 11.8 Å². The summed E-state index contributed by atoms with van der Waals surface area (Å²) in [4.78, 5) is 30.6. The van der Waals surface area contributed by atoms with Gasteiger partial charge in [-0.2, -0.15) is 0 Å². The summed E-state index contributed by atoms with van der Waals surface area (Å²) < 4.78 is 1.60. The van der Waals surface area contributed by atoms with Crippen LogP contribution in [0.4, 0.5) is 5.69 Å². The van der Waals surface area contributed by atoms with Gasteiger partial charge in [-0.15, -0.1) is 0 Å². The maximum Gasteiger partial charge on any atom is 0.266 e. The second kappa shape index (κ2) is 8.78. The predicted molar refractivity (Wildman–Crippen MR) is 127 cm³/mol. The fourth-order valence-electron chi connectivity index (χ4n) is 3.33. The molecule has 0 bridgehead atoms. The van der Waals surface area contributed by atoms with E-state index in [1.807, 2.05) is 81.4 Å². The third kappa shape index (κ3) is 4.39. The smallest absolute Gasteiger partial charge is 0.266 e. The number of amides is 1. The topological polar surface area (TPSA) is 64.0 Å². The minimum atomic E-state index is -0.145. The van der Waals surface area contributed by atoms with Gasteiger partial charge >= 0.3 is 0 Å². The van der Waals surface area contributed by atoms with Crippen LogP contribution in [-0.4, -0.2) is 21.2 Å². The molecule has 5 nitrogen and oxygen atoms in total. The monoisotopic (exact) mass is 429 g/mol. The number of carbonyl (C=O) groups excluding carboxylic acids is 1. The van der Waals surface area contributed by atoms with E-state index in [1.54, 1.807) is 10.6 Å². The van der Waals surface area contributed by atoms with E-state index in [4.69, 9.17) is 4.98 Å². The Hall–Kier alpha value is -3.38. The number of para-hydroxylation sites is 2. The van der Waals surface area contributed by atoms with E-state index in [2.05, 4.69) is 5.32 Å². The van der Waals surface area contributed by atoms with E-state index >= 15 is 0 Å². The number of benzene rings is 3. The standard InChI is InChI=1S/C25H23N3O2S/c1-16-12-13-19(14-18(16)3)28-24(30)20-9-5-7-11-22(20)27-25(28)31-15-23(29)26-21-10-6-4-8-17(21)2/h4-14H,15H2,1-3H3,(H,26,29). The Bertz CT molecular complexity index is 1340. The second-order valence-electron chi connectivity index (χ2n) is 7.47. The van der Waals surface area contributed by atoms with Gasteiger partial charge in [-0.25, -0.2) is 4.98 Å². The van der Waals surface area contributed by atoms with Crippen molar-refractivity contribution in [3.63, 3.8) is 0 Å². The molecule has 0 radical (unpaired) electrons. The summed E-state index contributed by atoms with van der Waals surface area (Å²) >= 11 is 1.25. The molecule has 0 spiro atoms. The minimum Gasteiger partial charge on any atom is -0.325 e. The van der Waals surface area contributed by atoms with Gasteiger partial charge in [-0.1, -0.05) is 48.2 Å². The van der Waals surface area contributed by atoms with Gasteiger partial charge in [0.2, 0.25) is 5.91 Å². The van der Waals surface area contributed by atoms with Crippen molar-refractivity contribution in [3.8, 4) is 5.69 Å². The van der Waals surface area contributed by atoms with Crippen LogP contribution in [-0.2, 0) is 4.79 Å². The summed E-state index contributed by atoms with van der Waals surface area (Å²) in [5.41, 5.74) is 5.24. The third-order valence-corrected chi connectivity index (χ3v) is 6.18. The van der Waals surface area contributed by atoms with E-state index in [1.165, 1.54) is 11.8 Å². The van der Waals surface area contributed by atoms with Crippen molar-refractivity contribution in [2.75, 3.05) is 11.1 Å². The van der Waals surface area contributed by atoms with Crippen LogP contribution in [0.3, 0.4) is 0 Å². The number of aromatic nitrogens is 2. The van der Waals surface area contributed by atoms with Crippen molar-refractivity contribution in [2.45, 2.75) is 25.9 Å². The van der Waals surface area contributed by atoms with Crippen LogP contribution in [0.25, 0.3) is 16.6 Å². The van der Waals surface area contributed by atoms with Crippen molar-refractivity contribution in [1.82, 2.24) is 9.55 Å². The lowest BCUT2D eigenvalue weighted by molar-refractivity contribution is -0.113. The highest BCUT2D eigenvalue weighted by atomic mass is 32.2. The number of nitrogens with zero attached hydrogens (tertiary/aromatic N) is 2. The van der Waals surface area contributed by atoms with Crippen LogP contribution in [0, 0.1) is 20.8 Å². The molecule has 0 fully saturated rings. The van der Waals surface area contributed by atoms with Gasteiger partial charge in [-0.3, -0.25) is 14.2 Å². The molecule has 0 saturated heterocycles. The van der Waals surface area contributed by atoms with Crippen molar-refractivity contribution < 1.29 is 4.79 Å². The number of carbonyl (C=O) groups is 1. The number of thioether (sulfide) groups is 1. The van der Waals surface area contributed by atoms with Crippen LogP contribution in [0.1, 0.15) is 16.7 Å². The summed E-state index contributed by atoms with van der Waals surface area (Å²) in [6.07, 6.45) is 0. The summed E-state index contributed by atoms with van der Waals surface area (Å²) in [5.74, 6) is -0.00224. The molecule has 0 aliphatic carbocycles. The molecule has 3 aromatic carbocycles. The Labute approximate surface area is 185 Å². The highest BCUT2D eigenvalue weighted by Crippen LogP contribution is 2.23. The number of aryl methyl sites for hydroxylation is 3. The lowest BCUT2D eigenvalue weighted by atomic mass is 10.1. The molecule has 0 aliphatic rings. The Morgan fingerprint density at radius 3 is 2.45 bits per heavy atom. The quantitative estimate of drug-likeness (QED) is 0.356. The molecule has 1 amide bonds. The molecule has 4 rings (SSSR count). The highest BCUT2D eigenvalue weighted by Gasteiger charge is 2.15. The maximum absolute atomic E-state index is 13.3. The molecule has 0 atom stereocenters. The van der Waals surface area contributed by atoms with Gasteiger partial charge in [0, 0.05) is 5.69 Å². The lowest BCUT2D eigenvalue weighted by Gasteiger charge is -2.14. The summed E-state index contributed by atoms with van der Waals surface area (Å²) in [5, 5.41) is 3.98. The van der Waals surface area contributed by atoms with E-state index in [9.17, 15) is 9.59 Å². The highest BCUT2D eigenvalue weighted by molar-refractivity contribution is 7.99.